The lowest BCUT2D eigenvalue weighted by Gasteiger charge is -2.14. The number of rotatable bonds is 11. The molecule has 0 radical (unpaired) electrons. The average Bonchev–Trinajstić information content (AvgIpc) is 2.80. The predicted octanol–water partition coefficient (Wildman–Crippen LogP) is 6.03. The Morgan fingerprint density at radius 2 is 1.74 bits per heavy atom. The van der Waals surface area contributed by atoms with Crippen molar-refractivity contribution in [1.29, 1.82) is 0 Å². The second-order valence-electron chi connectivity index (χ2n) is 8.44. The van der Waals surface area contributed by atoms with Gasteiger partial charge in [0, 0.05) is 11.6 Å². The summed E-state index contributed by atoms with van der Waals surface area (Å²) in [5, 5.41) is 23.6. The van der Waals surface area contributed by atoms with Crippen LogP contribution >= 0.6 is 24.0 Å². The molecule has 0 aliphatic rings. The van der Waals surface area contributed by atoms with Crippen LogP contribution < -0.4 is 10.1 Å². The molecule has 3 rings (SSSR count). The van der Waals surface area contributed by atoms with Gasteiger partial charge >= 0.3 is 5.97 Å². The van der Waals surface area contributed by atoms with Gasteiger partial charge in [-0.25, -0.2) is 4.79 Å². The van der Waals surface area contributed by atoms with Gasteiger partial charge in [0.15, 0.2) is 0 Å². The SMILES string of the molecule is CC(C)COc1cc(-c2ccc(CCNC[C@H](O)c3cccc(Cl)c3)cc2)ccc1C(=O)O.Cl. The summed E-state index contributed by atoms with van der Waals surface area (Å²) >= 11 is 5.98. The smallest absolute Gasteiger partial charge is 0.339 e. The lowest BCUT2D eigenvalue weighted by atomic mass is 10.0. The Morgan fingerprint density at radius 1 is 1.03 bits per heavy atom. The molecule has 3 aromatic carbocycles. The van der Waals surface area contributed by atoms with Crippen LogP contribution in [-0.4, -0.2) is 35.9 Å². The summed E-state index contributed by atoms with van der Waals surface area (Å²) in [7, 11) is 0. The summed E-state index contributed by atoms with van der Waals surface area (Å²) in [6, 6.07) is 20.6. The third-order valence-corrected chi connectivity index (χ3v) is 5.47. The first-order valence-corrected chi connectivity index (χ1v) is 11.4. The largest absolute Gasteiger partial charge is 0.492 e. The number of nitrogens with one attached hydrogen (secondary N) is 1. The van der Waals surface area contributed by atoms with Gasteiger partial charge < -0.3 is 20.3 Å². The molecule has 5 nitrogen and oxygen atoms in total. The van der Waals surface area contributed by atoms with E-state index in [1.807, 2.05) is 38.1 Å². The van der Waals surface area contributed by atoms with E-state index in [-0.39, 0.29) is 18.0 Å². The Hall–Kier alpha value is -2.57. The minimum absolute atomic E-state index is 0. The molecule has 0 saturated carbocycles. The molecule has 0 fully saturated rings. The first kappa shape index (κ1) is 27.7. The lowest BCUT2D eigenvalue weighted by Crippen LogP contribution is -2.23. The minimum Gasteiger partial charge on any atom is -0.492 e. The highest BCUT2D eigenvalue weighted by atomic mass is 35.5. The number of hydrogen-bond acceptors (Lipinski definition) is 4. The van der Waals surface area contributed by atoms with Gasteiger partial charge in [0.1, 0.15) is 11.3 Å². The molecular formula is C27H31Cl2NO4. The van der Waals surface area contributed by atoms with Crippen LogP contribution in [0.3, 0.4) is 0 Å². The summed E-state index contributed by atoms with van der Waals surface area (Å²) in [6.07, 6.45) is 0.218. The van der Waals surface area contributed by atoms with Crippen molar-refractivity contribution in [2.45, 2.75) is 26.4 Å². The minimum atomic E-state index is -0.997. The van der Waals surface area contributed by atoms with Crippen molar-refractivity contribution in [3.63, 3.8) is 0 Å². The molecule has 34 heavy (non-hydrogen) atoms. The molecule has 0 heterocycles. The van der Waals surface area contributed by atoms with E-state index in [0.717, 1.165) is 29.7 Å². The highest BCUT2D eigenvalue weighted by molar-refractivity contribution is 6.30. The number of aromatic carboxylic acids is 1. The molecule has 7 heteroatoms. The van der Waals surface area contributed by atoms with Gasteiger partial charge in [0.25, 0.3) is 0 Å². The van der Waals surface area contributed by atoms with Crippen LogP contribution in [-0.2, 0) is 6.42 Å². The fraction of sp³-hybridized carbons (Fsp3) is 0.296. The number of carbonyl (C=O) groups is 1. The third kappa shape index (κ3) is 8.03. The van der Waals surface area contributed by atoms with Gasteiger partial charge in [0.05, 0.1) is 12.7 Å². The van der Waals surface area contributed by atoms with Crippen molar-refractivity contribution < 1.29 is 19.7 Å². The zero-order chi connectivity index (χ0) is 23.8. The molecule has 0 saturated heterocycles. The molecule has 182 valence electrons. The van der Waals surface area contributed by atoms with Crippen LogP contribution in [0.4, 0.5) is 0 Å². The van der Waals surface area contributed by atoms with Gasteiger partial charge in [0.2, 0.25) is 0 Å². The van der Waals surface area contributed by atoms with E-state index >= 15 is 0 Å². The molecule has 0 aliphatic carbocycles. The van der Waals surface area contributed by atoms with Crippen molar-refractivity contribution in [3.05, 3.63) is 88.4 Å². The van der Waals surface area contributed by atoms with Crippen molar-refractivity contribution in [2.75, 3.05) is 19.7 Å². The molecule has 0 aliphatic heterocycles. The Balaban J connectivity index is 0.00000408. The second kappa shape index (κ2) is 13.4. The van der Waals surface area contributed by atoms with Crippen molar-refractivity contribution in [1.82, 2.24) is 5.32 Å². The highest BCUT2D eigenvalue weighted by Gasteiger charge is 2.13. The average molecular weight is 504 g/mol. The number of aliphatic hydroxyl groups is 1. The summed E-state index contributed by atoms with van der Waals surface area (Å²) < 4.78 is 5.75. The molecule has 0 amide bonds. The lowest BCUT2D eigenvalue weighted by molar-refractivity contribution is 0.0691. The molecule has 3 aromatic rings. The molecule has 0 aromatic heterocycles. The Labute approximate surface area is 212 Å². The van der Waals surface area contributed by atoms with E-state index in [1.165, 1.54) is 5.56 Å². The van der Waals surface area contributed by atoms with Gasteiger partial charge in [-0.2, -0.15) is 0 Å². The van der Waals surface area contributed by atoms with E-state index in [9.17, 15) is 15.0 Å². The van der Waals surface area contributed by atoms with Gasteiger partial charge in [-0.3, -0.25) is 0 Å². The normalized spacial score (nSPS) is 11.7. The van der Waals surface area contributed by atoms with Gasteiger partial charge in [-0.1, -0.05) is 67.9 Å². The van der Waals surface area contributed by atoms with E-state index in [4.69, 9.17) is 16.3 Å². The fourth-order valence-corrected chi connectivity index (χ4v) is 3.62. The number of aliphatic hydroxyl groups excluding tert-OH is 1. The van der Waals surface area contributed by atoms with E-state index in [2.05, 4.69) is 17.4 Å². The van der Waals surface area contributed by atoms with Crippen LogP contribution in [0.25, 0.3) is 11.1 Å². The molecule has 0 bridgehead atoms. The maximum Gasteiger partial charge on any atom is 0.339 e. The predicted molar refractivity (Wildman–Crippen MR) is 139 cm³/mol. The summed E-state index contributed by atoms with van der Waals surface area (Å²) in [6.45, 7) is 5.69. The maximum atomic E-state index is 11.5. The molecular weight excluding hydrogens is 473 g/mol. The van der Waals surface area contributed by atoms with Crippen molar-refractivity contribution in [3.8, 4) is 16.9 Å². The molecule has 0 unspecified atom stereocenters. The number of benzene rings is 3. The van der Waals surface area contributed by atoms with Crippen LogP contribution in [0.1, 0.15) is 41.4 Å². The summed E-state index contributed by atoms with van der Waals surface area (Å²) in [4.78, 5) is 11.5. The van der Waals surface area contributed by atoms with Crippen LogP contribution in [0.5, 0.6) is 5.75 Å². The van der Waals surface area contributed by atoms with Crippen molar-refractivity contribution >= 4 is 30.0 Å². The Morgan fingerprint density at radius 3 is 2.38 bits per heavy atom. The van der Waals surface area contributed by atoms with E-state index in [1.54, 1.807) is 30.3 Å². The highest BCUT2D eigenvalue weighted by Crippen LogP contribution is 2.28. The third-order valence-electron chi connectivity index (χ3n) is 5.23. The fourth-order valence-electron chi connectivity index (χ4n) is 3.42. The monoisotopic (exact) mass is 503 g/mol. The number of halogens is 2. The summed E-state index contributed by atoms with van der Waals surface area (Å²) in [5.41, 5.74) is 4.04. The van der Waals surface area contributed by atoms with Gasteiger partial charge in [-0.15, -0.1) is 12.4 Å². The number of carboxylic acid groups (broad SMARTS) is 1. The Kier molecular flexibility index (Phi) is 10.9. The maximum absolute atomic E-state index is 11.5. The van der Waals surface area contributed by atoms with Crippen LogP contribution in [0.2, 0.25) is 5.02 Å². The second-order valence-corrected chi connectivity index (χ2v) is 8.88. The first-order chi connectivity index (χ1) is 15.8. The van der Waals surface area contributed by atoms with E-state index < -0.39 is 12.1 Å². The zero-order valence-corrected chi connectivity index (χ0v) is 20.9. The van der Waals surface area contributed by atoms with Gasteiger partial charge in [-0.05, 0) is 65.4 Å². The quantitative estimate of drug-likeness (QED) is 0.278. The molecule has 1 atom stereocenters. The first-order valence-electron chi connectivity index (χ1n) is 11.1. The van der Waals surface area contributed by atoms with Crippen LogP contribution in [0, 0.1) is 5.92 Å². The zero-order valence-electron chi connectivity index (χ0n) is 19.3. The topological polar surface area (TPSA) is 78.8 Å². The standard InChI is InChI=1S/C27H30ClNO4.ClH/c1-18(2)17-33-26-15-21(10-11-24(26)27(31)32)20-8-6-19(7-9-20)12-13-29-16-25(30)22-4-3-5-23(28)14-22;/h3-11,14-15,18,25,29-30H,12-13,16-17H2,1-2H3,(H,31,32);1H/t25-;/m0./s1. The Bertz CT molecular complexity index is 1070. The number of hydrogen-bond donors (Lipinski definition) is 3. The molecule has 0 spiro atoms. The number of ether oxygens (including phenoxy) is 1. The van der Waals surface area contributed by atoms with E-state index in [0.29, 0.717) is 29.8 Å². The van der Waals surface area contributed by atoms with Crippen LogP contribution in [0.15, 0.2) is 66.7 Å². The van der Waals surface area contributed by atoms with Crippen molar-refractivity contribution in [2.24, 2.45) is 5.92 Å². The number of carboxylic acids is 1. The summed E-state index contributed by atoms with van der Waals surface area (Å²) in [5.74, 6) is -0.307. The molecule has 3 N–H and O–H groups in total.